The van der Waals surface area contributed by atoms with Crippen LogP contribution in [0.15, 0.2) is 16.6 Å². The maximum Gasteiger partial charge on any atom is 0.225 e. The zero-order chi connectivity index (χ0) is 14.8. The van der Waals surface area contributed by atoms with Crippen molar-refractivity contribution in [2.75, 3.05) is 5.32 Å². The third-order valence-corrected chi connectivity index (χ3v) is 3.74. The van der Waals surface area contributed by atoms with Crippen LogP contribution in [0, 0.1) is 19.3 Å². The normalized spacial score (nSPS) is 13.2. The summed E-state index contributed by atoms with van der Waals surface area (Å²) in [6.07, 6.45) is 0.332. The zero-order valence-electron chi connectivity index (χ0n) is 12.3. The van der Waals surface area contributed by atoms with E-state index in [1.165, 1.54) is 0 Å². The summed E-state index contributed by atoms with van der Waals surface area (Å²) in [6, 6.07) is 3.84. The number of aryl methyl sites for hydroxylation is 2. The van der Waals surface area contributed by atoms with Crippen LogP contribution in [-0.4, -0.2) is 11.9 Å². The van der Waals surface area contributed by atoms with Gasteiger partial charge >= 0.3 is 0 Å². The molecule has 0 radical (unpaired) electrons. The Kier molecular flexibility index (Phi) is 5.16. The lowest BCUT2D eigenvalue weighted by Gasteiger charge is -2.26. The van der Waals surface area contributed by atoms with Crippen molar-refractivity contribution in [1.29, 1.82) is 0 Å². The number of nitrogens with two attached hydrogens (primary N) is 1. The van der Waals surface area contributed by atoms with Crippen molar-refractivity contribution in [3.05, 3.63) is 27.7 Å². The topological polar surface area (TPSA) is 55.1 Å². The van der Waals surface area contributed by atoms with Crippen LogP contribution in [0.4, 0.5) is 5.69 Å². The number of hydrogen-bond donors (Lipinski definition) is 2. The first-order chi connectivity index (χ1) is 8.61. The predicted molar refractivity (Wildman–Crippen MR) is 84.3 cm³/mol. The fourth-order valence-corrected chi connectivity index (χ4v) is 2.49. The molecule has 4 heteroatoms. The number of amides is 1. The quantitative estimate of drug-likeness (QED) is 0.888. The highest BCUT2D eigenvalue weighted by Gasteiger charge is 2.23. The Hall–Kier alpha value is -0.870. The summed E-state index contributed by atoms with van der Waals surface area (Å²) in [4.78, 5) is 12.1. The Morgan fingerprint density at radius 1 is 1.32 bits per heavy atom. The molecule has 0 aliphatic carbocycles. The average Bonchev–Trinajstić information content (AvgIpc) is 2.21. The number of hydrogen-bond acceptors (Lipinski definition) is 2. The molecule has 0 aromatic heterocycles. The zero-order valence-corrected chi connectivity index (χ0v) is 13.9. The van der Waals surface area contributed by atoms with E-state index < -0.39 is 0 Å². The molecule has 1 amide bonds. The predicted octanol–water partition coefficient (Wildman–Crippen LogP) is 3.77. The molecule has 0 saturated carbocycles. The average molecular weight is 327 g/mol. The summed E-state index contributed by atoms with van der Waals surface area (Å²) < 4.78 is 1.02. The maximum absolute atomic E-state index is 12.1. The van der Waals surface area contributed by atoms with E-state index in [4.69, 9.17) is 5.73 Å². The van der Waals surface area contributed by atoms with Gasteiger partial charge in [-0.1, -0.05) is 36.7 Å². The molecule has 1 aromatic rings. The van der Waals surface area contributed by atoms with E-state index in [2.05, 4.69) is 21.2 Å². The first-order valence-corrected chi connectivity index (χ1v) is 7.22. The van der Waals surface area contributed by atoms with Crippen LogP contribution in [0.5, 0.6) is 0 Å². The summed E-state index contributed by atoms with van der Waals surface area (Å²) in [7, 11) is 0. The van der Waals surface area contributed by atoms with Crippen molar-refractivity contribution < 1.29 is 4.79 Å². The molecule has 1 rings (SSSR count). The van der Waals surface area contributed by atoms with E-state index in [0.29, 0.717) is 6.42 Å². The number of carbonyl (C=O) groups is 1. The van der Waals surface area contributed by atoms with Crippen molar-refractivity contribution in [2.45, 2.75) is 47.1 Å². The van der Waals surface area contributed by atoms with Crippen molar-refractivity contribution in [3.63, 3.8) is 0 Å². The SMILES string of the molecule is Cc1cc(Br)cc(C)c1NC(=O)CC(N)C(C)(C)C. The minimum Gasteiger partial charge on any atom is -0.327 e. The fourth-order valence-electron chi connectivity index (χ4n) is 1.80. The van der Waals surface area contributed by atoms with Gasteiger partial charge in [-0.25, -0.2) is 0 Å². The number of benzene rings is 1. The first kappa shape index (κ1) is 16.2. The lowest BCUT2D eigenvalue weighted by Crippen LogP contribution is -2.38. The van der Waals surface area contributed by atoms with E-state index in [1.54, 1.807) is 0 Å². The summed E-state index contributed by atoms with van der Waals surface area (Å²) in [6.45, 7) is 10.1. The molecule has 1 aromatic carbocycles. The third-order valence-electron chi connectivity index (χ3n) is 3.28. The smallest absolute Gasteiger partial charge is 0.225 e. The molecule has 0 aliphatic heterocycles. The van der Waals surface area contributed by atoms with Gasteiger partial charge in [-0.2, -0.15) is 0 Å². The second-order valence-electron chi connectivity index (χ2n) is 6.14. The van der Waals surface area contributed by atoms with Gasteiger partial charge in [0, 0.05) is 22.6 Å². The number of nitrogens with one attached hydrogen (secondary N) is 1. The summed E-state index contributed by atoms with van der Waals surface area (Å²) in [5.74, 6) is -0.0315. The Morgan fingerprint density at radius 3 is 2.21 bits per heavy atom. The molecule has 0 saturated heterocycles. The van der Waals surface area contributed by atoms with Gasteiger partial charge in [0.25, 0.3) is 0 Å². The van der Waals surface area contributed by atoms with Gasteiger partial charge in [0.2, 0.25) is 5.91 Å². The molecule has 106 valence electrons. The van der Waals surface area contributed by atoms with Crippen molar-refractivity contribution in [2.24, 2.45) is 11.1 Å². The van der Waals surface area contributed by atoms with Gasteiger partial charge in [-0.15, -0.1) is 0 Å². The molecular weight excluding hydrogens is 304 g/mol. The Balaban J connectivity index is 2.79. The highest BCUT2D eigenvalue weighted by atomic mass is 79.9. The molecule has 1 unspecified atom stereocenters. The van der Waals surface area contributed by atoms with Crippen LogP contribution in [0.2, 0.25) is 0 Å². The van der Waals surface area contributed by atoms with E-state index in [0.717, 1.165) is 21.3 Å². The van der Waals surface area contributed by atoms with Gasteiger partial charge in [0.05, 0.1) is 0 Å². The second-order valence-corrected chi connectivity index (χ2v) is 7.06. The summed E-state index contributed by atoms with van der Waals surface area (Å²) in [5, 5.41) is 2.97. The highest BCUT2D eigenvalue weighted by molar-refractivity contribution is 9.10. The lowest BCUT2D eigenvalue weighted by molar-refractivity contribution is -0.117. The van der Waals surface area contributed by atoms with E-state index in [9.17, 15) is 4.79 Å². The molecule has 0 aliphatic rings. The van der Waals surface area contributed by atoms with Crippen LogP contribution >= 0.6 is 15.9 Å². The summed E-state index contributed by atoms with van der Waals surface area (Å²) >= 11 is 3.45. The molecule has 3 nitrogen and oxygen atoms in total. The van der Waals surface area contributed by atoms with Crippen LogP contribution in [0.3, 0.4) is 0 Å². The van der Waals surface area contributed by atoms with E-state index in [1.807, 2.05) is 46.8 Å². The van der Waals surface area contributed by atoms with Gasteiger partial charge in [-0.3, -0.25) is 4.79 Å². The Labute approximate surface area is 124 Å². The third kappa shape index (κ3) is 4.62. The van der Waals surface area contributed by atoms with E-state index in [-0.39, 0.29) is 17.4 Å². The number of carbonyl (C=O) groups excluding carboxylic acids is 1. The minimum absolute atomic E-state index is 0.0315. The van der Waals surface area contributed by atoms with Crippen molar-refractivity contribution in [3.8, 4) is 0 Å². The molecular formula is C15H23BrN2O. The highest BCUT2D eigenvalue weighted by Crippen LogP contribution is 2.26. The molecule has 0 bridgehead atoms. The standard InChI is InChI=1S/C15H23BrN2O/c1-9-6-11(16)7-10(2)14(9)18-13(19)8-12(17)15(3,4)5/h6-7,12H,8,17H2,1-5H3,(H,18,19). The molecule has 0 spiro atoms. The van der Waals surface area contributed by atoms with Crippen LogP contribution in [0.1, 0.15) is 38.3 Å². The molecule has 1 atom stereocenters. The van der Waals surface area contributed by atoms with Crippen LogP contribution in [-0.2, 0) is 4.79 Å². The Morgan fingerprint density at radius 2 is 1.79 bits per heavy atom. The molecule has 0 fully saturated rings. The van der Waals surface area contributed by atoms with Gasteiger partial charge in [-0.05, 0) is 42.5 Å². The largest absolute Gasteiger partial charge is 0.327 e. The minimum atomic E-state index is -0.149. The number of anilines is 1. The lowest BCUT2D eigenvalue weighted by atomic mass is 9.85. The van der Waals surface area contributed by atoms with Crippen molar-refractivity contribution >= 4 is 27.5 Å². The maximum atomic E-state index is 12.1. The molecule has 0 heterocycles. The first-order valence-electron chi connectivity index (χ1n) is 6.43. The Bertz CT molecular complexity index is 455. The molecule has 19 heavy (non-hydrogen) atoms. The van der Waals surface area contributed by atoms with Crippen LogP contribution in [0.25, 0.3) is 0 Å². The van der Waals surface area contributed by atoms with Gasteiger partial charge in [0.1, 0.15) is 0 Å². The molecule has 3 N–H and O–H groups in total. The fraction of sp³-hybridized carbons (Fsp3) is 0.533. The van der Waals surface area contributed by atoms with Gasteiger partial charge < -0.3 is 11.1 Å². The van der Waals surface area contributed by atoms with Crippen molar-refractivity contribution in [1.82, 2.24) is 0 Å². The second kappa shape index (κ2) is 6.06. The van der Waals surface area contributed by atoms with E-state index >= 15 is 0 Å². The monoisotopic (exact) mass is 326 g/mol. The number of rotatable bonds is 3. The van der Waals surface area contributed by atoms with Gasteiger partial charge in [0.15, 0.2) is 0 Å². The summed E-state index contributed by atoms with van der Waals surface area (Å²) in [5.41, 5.74) is 8.94. The van der Waals surface area contributed by atoms with Crippen LogP contribution < -0.4 is 11.1 Å². The number of halogens is 1.